The highest BCUT2D eigenvalue weighted by Crippen LogP contribution is 2.14. The van der Waals surface area contributed by atoms with Crippen molar-refractivity contribution in [3.05, 3.63) is 29.8 Å². The van der Waals surface area contributed by atoms with Gasteiger partial charge < -0.3 is 10.4 Å². The van der Waals surface area contributed by atoms with Gasteiger partial charge in [0.05, 0.1) is 5.92 Å². The van der Waals surface area contributed by atoms with E-state index in [0.717, 1.165) is 19.5 Å². The minimum absolute atomic E-state index is 0.265. The number of thioether (sulfide) groups is 1. The van der Waals surface area contributed by atoms with Gasteiger partial charge in [-0.1, -0.05) is 19.1 Å². The molecule has 1 aromatic carbocycles. The van der Waals surface area contributed by atoms with E-state index in [9.17, 15) is 4.79 Å². The molecule has 1 rings (SSSR count). The zero-order valence-electron chi connectivity index (χ0n) is 11.0. The summed E-state index contributed by atoms with van der Waals surface area (Å²) >= 11 is 1.74. The molecule has 0 amide bonds. The minimum Gasteiger partial charge on any atom is -0.481 e. The van der Waals surface area contributed by atoms with Gasteiger partial charge >= 0.3 is 5.97 Å². The third kappa shape index (κ3) is 5.56. The van der Waals surface area contributed by atoms with Gasteiger partial charge in [0.2, 0.25) is 0 Å². The van der Waals surface area contributed by atoms with Crippen LogP contribution >= 0.6 is 11.8 Å². The second-order valence-corrected chi connectivity index (χ2v) is 5.26. The maximum absolute atomic E-state index is 10.6. The summed E-state index contributed by atoms with van der Waals surface area (Å²) in [5, 5.41) is 12.0. The summed E-state index contributed by atoms with van der Waals surface area (Å²) in [6, 6.07) is 8.56. The number of carboxylic acids is 1. The third-order valence-electron chi connectivity index (χ3n) is 2.93. The summed E-state index contributed by atoms with van der Waals surface area (Å²) < 4.78 is 0. The van der Waals surface area contributed by atoms with E-state index in [4.69, 9.17) is 5.11 Å². The van der Waals surface area contributed by atoms with Crippen molar-refractivity contribution < 1.29 is 9.90 Å². The average molecular weight is 267 g/mol. The molecule has 4 heteroatoms. The first-order valence-electron chi connectivity index (χ1n) is 6.20. The summed E-state index contributed by atoms with van der Waals surface area (Å²) in [4.78, 5) is 11.9. The van der Waals surface area contributed by atoms with Crippen LogP contribution in [0.2, 0.25) is 0 Å². The maximum Gasteiger partial charge on any atom is 0.306 e. The van der Waals surface area contributed by atoms with Gasteiger partial charge in [-0.3, -0.25) is 4.79 Å². The molecule has 0 aliphatic heterocycles. The number of carboxylic acid groups (broad SMARTS) is 1. The van der Waals surface area contributed by atoms with Crippen molar-refractivity contribution in [2.75, 3.05) is 19.3 Å². The maximum atomic E-state index is 10.6. The van der Waals surface area contributed by atoms with Crippen LogP contribution in [0.5, 0.6) is 0 Å². The largest absolute Gasteiger partial charge is 0.481 e. The molecule has 0 aromatic heterocycles. The van der Waals surface area contributed by atoms with Crippen molar-refractivity contribution in [2.24, 2.45) is 5.92 Å². The molecule has 0 saturated carbocycles. The topological polar surface area (TPSA) is 49.3 Å². The first-order chi connectivity index (χ1) is 8.63. The van der Waals surface area contributed by atoms with Crippen LogP contribution in [-0.2, 0) is 11.2 Å². The molecule has 0 bridgehead atoms. The highest BCUT2D eigenvalue weighted by molar-refractivity contribution is 7.98. The lowest BCUT2D eigenvalue weighted by molar-refractivity contribution is -0.141. The first-order valence-corrected chi connectivity index (χ1v) is 7.42. The molecule has 0 spiro atoms. The number of nitrogens with one attached hydrogen (secondary N) is 1. The Hall–Kier alpha value is -1.00. The van der Waals surface area contributed by atoms with Crippen LogP contribution in [0.25, 0.3) is 0 Å². The number of hydrogen-bond acceptors (Lipinski definition) is 3. The zero-order valence-corrected chi connectivity index (χ0v) is 11.8. The normalized spacial score (nSPS) is 12.3. The highest BCUT2D eigenvalue weighted by atomic mass is 32.2. The lowest BCUT2D eigenvalue weighted by Gasteiger charge is -2.08. The number of rotatable bonds is 8. The molecule has 100 valence electrons. The van der Waals surface area contributed by atoms with Gasteiger partial charge in [-0.15, -0.1) is 11.8 Å². The smallest absolute Gasteiger partial charge is 0.306 e. The van der Waals surface area contributed by atoms with Crippen molar-refractivity contribution in [2.45, 2.75) is 24.7 Å². The summed E-state index contributed by atoms with van der Waals surface area (Å²) in [7, 11) is 0. The Labute approximate surface area is 113 Å². The summed E-state index contributed by atoms with van der Waals surface area (Å²) in [5.74, 6) is -0.984. The Bertz CT molecular complexity index is 365. The molecule has 0 aliphatic rings. The number of carbonyl (C=O) groups is 1. The standard InChI is InChI=1S/C14H21NO2S/c1-11(14(16)17)7-9-15-10-8-12-3-5-13(18-2)6-4-12/h3-6,11,15H,7-10H2,1-2H3,(H,16,17). The van der Waals surface area contributed by atoms with Crippen LogP contribution in [0.15, 0.2) is 29.2 Å². The Balaban J connectivity index is 2.15. The predicted octanol–water partition coefficient (Wildman–Crippen LogP) is 2.65. The predicted molar refractivity (Wildman–Crippen MR) is 76.2 cm³/mol. The highest BCUT2D eigenvalue weighted by Gasteiger charge is 2.09. The van der Waals surface area contributed by atoms with Gasteiger partial charge in [0.1, 0.15) is 0 Å². The lowest BCUT2D eigenvalue weighted by Crippen LogP contribution is -2.22. The molecule has 2 N–H and O–H groups in total. The molecule has 1 aromatic rings. The van der Waals surface area contributed by atoms with Crippen LogP contribution in [-0.4, -0.2) is 30.4 Å². The van der Waals surface area contributed by atoms with E-state index in [1.165, 1.54) is 10.5 Å². The molecule has 0 heterocycles. The molecule has 0 radical (unpaired) electrons. The molecule has 0 fully saturated rings. The van der Waals surface area contributed by atoms with Crippen LogP contribution in [0.3, 0.4) is 0 Å². The van der Waals surface area contributed by atoms with Crippen molar-refractivity contribution in [3.63, 3.8) is 0 Å². The molecule has 0 saturated heterocycles. The molecule has 0 aliphatic carbocycles. The Morgan fingerprint density at radius 1 is 1.33 bits per heavy atom. The molecule has 1 unspecified atom stereocenters. The van der Waals surface area contributed by atoms with E-state index < -0.39 is 5.97 Å². The van der Waals surface area contributed by atoms with Crippen LogP contribution in [0, 0.1) is 5.92 Å². The van der Waals surface area contributed by atoms with Crippen LogP contribution in [0.1, 0.15) is 18.9 Å². The number of benzene rings is 1. The fourth-order valence-electron chi connectivity index (χ4n) is 1.59. The molecule has 3 nitrogen and oxygen atoms in total. The average Bonchev–Trinajstić information content (AvgIpc) is 2.38. The van der Waals surface area contributed by atoms with Crippen LogP contribution < -0.4 is 5.32 Å². The van der Waals surface area contributed by atoms with E-state index >= 15 is 0 Å². The monoisotopic (exact) mass is 267 g/mol. The van der Waals surface area contributed by atoms with Crippen molar-refractivity contribution >= 4 is 17.7 Å². The van der Waals surface area contributed by atoms with Crippen LogP contribution in [0.4, 0.5) is 0 Å². The molecular formula is C14H21NO2S. The van der Waals surface area contributed by atoms with Gasteiger partial charge in [0.15, 0.2) is 0 Å². The zero-order chi connectivity index (χ0) is 13.4. The van der Waals surface area contributed by atoms with E-state index in [0.29, 0.717) is 6.42 Å². The Morgan fingerprint density at radius 2 is 2.00 bits per heavy atom. The second kappa shape index (κ2) is 8.16. The fourth-order valence-corrected chi connectivity index (χ4v) is 2.00. The first kappa shape index (κ1) is 15.1. The second-order valence-electron chi connectivity index (χ2n) is 4.38. The SMILES string of the molecule is CSc1ccc(CCNCCC(C)C(=O)O)cc1. The van der Waals surface area contributed by atoms with Gasteiger partial charge in [-0.05, 0) is 49.9 Å². The number of hydrogen-bond donors (Lipinski definition) is 2. The van der Waals surface area contributed by atoms with Crippen molar-refractivity contribution in [1.82, 2.24) is 5.32 Å². The third-order valence-corrected chi connectivity index (χ3v) is 3.67. The fraction of sp³-hybridized carbons (Fsp3) is 0.500. The summed E-state index contributed by atoms with van der Waals surface area (Å²) in [6.45, 7) is 3.40. The van der Waals surface area contributed by atoms with E-state index in [1.807, 2.05) is 0 Å². The lowest BCUT2D eigenvalue weighted by atomic mass is 10.1. The van der Waals surface area contributed by atoms with E-state index in [2.05, 4.69) is 35.8 Å². The summed E-state index contributed by atoms with van der Waals surface area (Å²) in [6.07, 6.45) is 3.73. The van der Waals surface area contributed by atoms with Crippen molar-refractivity contribution in [3.8, 4) is 0 Å². The van der Waals surface area contributed by atoms with Gasteiger partial charge in [0.25, 0.3) is 0 Å². The Kier molecular flexibility index (Phi) is 6.83. The van der Waals surface area contributed by atoms with Crippen molar-refractivity contribution in [1.29, 1.82) is 0 Å². The molecule has 18 heavy (non-hydrogen) atoms. The Morgan fingerprint density at radius 3 is 2.56 bits per heavy atom. The summed E-state index contributed by atoms with van der Waals surface area (Å²) in [5.41, 5.74) is 1.31. The van der Waals surface area contributed by atoms with E-state index in [-0.39, 0.29) is 5.92 Å². The van der Waals surface area contributed by atoms with E-state index in [1.54, 1.807) is 18.7 Å². The molecule has 1 atom stereocenters. The number of aliphatic carboxylic acids is 1. The quantitative estimate of drug-likeness (QED) is 0.561. The van der Waals surface area contributed by atoms with Gasteiger partial charge in [-0.25, -0.2) is 0 Å². The minimum atomic E-state index is -0.718. The van der Waals surface area contributed by atoms with Gasteiger partial charge in [-0.2, -0.15) is 0 Å². The molecular weight excluding hydrogens is 246 g/mol. The van der Waals surface area contributed by atoms with Gasteiger partial charge in [0, 0.05) is 4.90 Å².